The molecule has 3 aromatic carbocycles. The number of allylic oxidation sites excluding steroid dienone is 1. The van der Waals surface area contributed by atoms with Gasteiger partial charge < -0.3 is 20.1 Å². The molecule has 0 spiro atoms. The van der Waals surface area contributed by atoms with Gasteiger partial charge in [-0.3, -0.25) is 9.59 Å². The molecule has 3 aliphatic rings. The number of ether oxygens (including phenoxy) is 2. The summed E-state index contributed by atoms with van der Waals surface area (Å²) < 4.78 is 11.0. The molecule has 0 amide bonds. The fourth-order valence-electron chi connectivity index (χ4n) is 4.73. The molecule has 2 N–H and O–H groups in total. The summed E-state index contributed by atoms with van der Waals surface area (Å²) in [5.41, 5.74) is 5.45. The number of Topliss-reactive ketones (excluding diaryl/α,β-unsaturated/α-hetero) is 1. The Morgan fingerprint density at radius 3 is 2.58 bits per heavy atom. The van der Waals surface area contributed by atoms with Gasteiger partial charge in [0.1, 0.15) is 0 Å². The molecule has 6 heteroatoms. The standard InChI is InChI=1S/C27H22N2O4/c30-22-8-4-7-20-25(22)26(17-10-12-23-24(14-17)33-15-32-23)29-19-11-9-18(13-21(19)28-20)27(31)16-5-2-1-3-6-16/h1-3,5-6,9-14,26,28-29H,4,7-8,15H2/t26-/m1/s1. The molecule has 0 aromatic heterocycles. The smallest absolute Gasteiger partial charge is 0.231 e. The second kappa shape index (κ2) is 7.81. The topological polar surface area (TPSA) is 76.7 Å². The Morgan fingerprint density at radius 2 is 1.70 bits per heavy atom. The average Bonchev–Trinajstić information content (AvgIpc) is 3.25. The van der Waals surface area contributed by atoms with Crippen LogP contribution in [-0.2, 0) is 4.79 Å². The van der Waals surface area contributed by atoms with E-state index in [2.05, 4.69) is 10.6 Å². The summed E-state index contributed by atoms with van der Waals surface area (Å²) >= 11 is 0. The van der Waals surface area contributed by atoms with Gasteiger partial charge in [0.2, 0.25) is 6.79 Å². The van der Waals surface area contributed by atoms with E-state index in [0.29, 0.717) is 29.0 Å². The summed E-state index contributed by atoms with van der Waals surface area (Å²) in [5, 5.41) is 7.03. The molecule has 1 aliphatic carbocycles. The van der Waals surface area contributed by atoms with E-state index in [-0.39, 0.29) is 24.4 Å². The van der Waals surface area contributed by atoms with Gasteiger partial charge in [-0.05, 0) is 48.7 Å². The zero-order valence-corrected chi connectivity index (χ0v) is 17.9. The lowest BCUT2D eigenvalue weighted by molar-refractivity contribution is -0.116. The molecule has 0 saturated carbocycles. The Hall–Kier alpha value is -4.06. The summed E-state index contributed by atoms with van der Waals surface area (Å²) in [5.74, 6) is 1.48. The normalized spacial score (nSPS) is 18.5. The highest BCUT2D eigenvalue weighted by Crippen LogP contribution is 2.43. The first kappa shape index (κ1) is 19.6. The molecule has 0 radical (unpaired) electrons. The number of carbonyl (C=O) groups is 2. The minimum Gasteiger partial charge on any atom is -0.454 e. The van der Waals surface area contributed by atoms with E-state index in [1.807, 2.05) is 66.7 Å². The highest BCUT2D eigenvalue weighted by Gasteiger charge is 2.33. The van der Waals surface area contributed by atoms with Crippen LogP contribution < -0.4 is 20.1 Å². The minimum atomic E-state index is -0.327. The van der Waals surface area contributed by atoms with Gasteiger partial charge in [0.25, 0.3) is 0 Å². The number of fused-ring (bicyclic) bond motifs is 2. The number of benzene rings is 3. The predicted molar refractivity (Wildman–Crippen MR) is 125 cm³/mol. The van der Waals surface area contributed by atoms with Crippen LogP contribution in [0, 0.1) is 0 Å². The van der Waals surface area contributed by atoms with Crippen LogP contribution in [0.25, 0.3) is 0 Å². The molecule has 0 bridgehead atoms. The van der Waals surface area contributed by atoms with Crippen LogP contribution in [0.5, 0.6) is 11.5 Å². The highest BCUT2D eigenvalue weighted by molar-refractivity contribution is 6.10. The predicted octanol–water partition coefficient (Wildman–Crippen LogP) is 5.23. The van der Waals surface area contributed by atoms with Crippen LogP contribution in [-0.4, -0.2) is 18.4 Å². The summed E-state index contributed by atoms with van der Waals surface area (Å²) in [4.78, 5) is 26.1. The number of nitrogens with one attached hydrogen (secondary N) is 2. The van der Waals surface area contributed by atoms with Gasteiger partial charge >= 0.3 is 0 Å². The van der Waals surface area contributed by atoms with Crippen molar-refractivity contribution in [1.82, 2.24) is 0 Å². The van der Waals surface area contributed by atoms with E-state index in [9.17, 15) is 9.59 Å². The van der Waals surface area contributed by atoms with Crippen molar-refractivity contribution in [2.75, 3.05) is 17.4 Å². The van der Waals surface area contributed by atoms with Gasteiger partial charge in [-0.1, -0.05) is 36.4 Å². The van der Waals surface area contributed by atoms with E-state index in [4.69, 9.17) is 9.47 Å². The maximum Gasteiger partial charge on any atom is 0.231 e. The SMILES string of the molecule is O=C1CCCC2=C1[C@@H](c1ccc3c(c1)OCO3)Nc1ccc(C(=O)c3ccccc3)cc1N2. The van der Waals surface area contributed by atoms with Crippen molar-refractivity contribution in [2.24, 2.45) is 0 Å². The van der Waals surface area contributed by atoms with Crippen molar-refractivity contribution in [2.45, 2.75) is 25.3 Å². The third kappa shape index (κ3) is 3.44. The fraction of sp³-hybridized carbons (Fsp3) is 0.185. The largest absolute Gasteiger partial charge is 0.454 e. The zero-order valence-electron chi connectivity index (χ0n) is 17.9. The van der Waals surface area contributed by atoms with E-state index in [0.717, 1.165) is 41.1 Å². The number of anilines is 2. The monoisotopic (exact) mass is 438 g/mol. The fourth-order valence-corrected chi connectivity index (χ4v) is 4.73. The molecule has 2 heterocycles. The Morgan fingerprint density at radius 1 is 0.848 bits per heavy atom. The molecule has 6 nitrogen and oxygen atoms in total. The maximum atomic E-state index is 13.1. The molecular weight excluding hydrogens is 416 g/mol. The molecular formula is C27H22N2O4. The van der Waals surface area contributed by atoms with Crippen LogP contribution in [0.1, 0.15) is 46.8 Å². The molecule has 33 heavy (non-hydrogen) atoms. The van der Waals surface area contributed by atoms with Crippen LogP contribution in [0.4, 0.5) is 11.4 Å². The molecule has 0 unspecified atom stereocenters. The van der Waals surface area contributed by atoms with Crippen LogP contribution in [0.3, 0.4) is 0 Å². The summed E-state index contributed by atoms with van der Waals surface area (Å²) in [6.07, 6.45) is 2.11. The Balaban J connectivity index is 1.42. The molecule has 0 fully saturated rings. The number of hydrogen-bond acceptors (Lipinski definition) is 6. The molecule has 2 aliphatic heterocycles. The first-order chi connectivity index (χ1) is 16.2. The van der Waals surface area contributed by atoms with E-state index < -0.39 is 0 Å². The first-order valence-corrected chi connectivity index (χ1v) is 11.1. The van der Waals surface area contributed by atoms with E-state index in [1.165, 1.54) is 0 Å². The van der Waals surface area contributed by atoms with E-state index >= 15 is 0 Å². The zero-order chi connectivity index (χ0) is 22.4. The molecule has 164 valence electrons. The van der Waals surface area contributed by atoms with Gasteiger partial charge in [-0.25, -0.2) is 0 Å². The van der Waals surface area contributed by atoms with Crippen molar-refractivity contribution >= 4 is 22.9 Å². The van der Waals surface area contributed by atoms with Crippen molar-refractivity contribution in [1.29, 1.82) is 0 Å². The van der Waals surface area contributed by atoms with Gasteiger partial charge in [0.05, 0.1) is 17.4 Å². The number of hydrogen-bond donors (Lipinski definition) is 2. The summed E-state index contributed by atoms with van der Waals surface area (Å²) in [6.45, 7) is 0.201. The molecule has 0 saturated heterocycles. The quantitative estimate of drug-likeness (QED) is 0.545. The molecule has 6 rings (SSSR count). The summed E-state index contributed by atoms with van der Waals surface area (Å²) in [7, 11) is 0. The van der Waals surface area contributed by atoms with Crippen molar-refractivity contribution in [3.8, 4) is 11.5 Å². The van der Waals surface area contributed by atoms with Gasteiger partial charge in [-0.15, -0.1) is 0 Å². The lowest BCUT2D eigenvalue weighted by Crippen LogP contribution is -2.23. The lowest BCUT2D eigenvalue weighted by atomic mass is 9.86. The van der Waals surface area contributed by atoms with Gasteiger partial charge in [0, 0.05) is 28.8 Å². The number of carbonyl (C=O) groups excluding carboxylic acids is 2. The lowest BCUT2D eigenvalue weighted by Gasteiger charge is -2.25. The van der Waals surface area contributed by atoms with Crippen molar-refractivity contribution in [3.05, 3.63) is 94.7 Å². The van der Waals surface area contributed by atoms with Crippen molar-refractivity contribution in [3.63, 3.8) is 0 Å². The van der Waals surface area contributed by atoms with Crippen LogP contribution >= 0.6 is 0 Å². The van der Waals surface area contributed by atoms with E-state index in [1.54, 1.807) is 0 Å². The van der Waals surface area contributed by atoms with Gasteiger partial charge in [-0.2, -0.15) is 0 Å². The second-order valence-electron chi connectivity index (χ2n) is 8.44. The van der Waals surface area contributed by atoms with Crippen LogP contribution in [0.15, 0.2) is 78.0 Å². The van der Waals surface area contributed by atoms with Gasteiger partial charge in [0.15, 0.2) is 23.1 Å². The Kier molecular flexibility index (Phi) is 4.64. The van der Waals surface area contributed by atoms with Crippen LogP contribution in [0.2, 0.25) is 0 Å². The Bertz CT molecular complexity index is 1310. The average molecular weight is 438 g/mol. The third-order valence-corrected chi connectivity index (χ3v) is 6.38. The second-order valence-corrected chi connectivity index (χ2v) is 8.44. The molecule has 1 atom stereocenters. The highest BCUT2D eigenvalue weighted by atomic mass is 16.7. The molecule has 3 aromatic rings. The number of rotatable bonds is 3. The first-order valence-electron chi connectivity index (χ1n) is 11.1. The Labute approximate surface area is 191 Å². The number of ketones is 2. The minimum absolute atomic E-state index is 0.0364. The third-order valence-electron chi connectivity index (χ3n) is 6.38. The maximum absolute atomic E-state index is 13.1. The van der Waals surface area contributed by atoms with Crippen molar-refractivity contribution < 1.29 is 19.1 Å². The summed E-state index contributed by atoms with van der Waals surface area (Å²) in [6, 6.07) is 20.3.